The van der Waals surface area contributed by atoms with Gasteiger partial charge in [0.15, 0.2) is 11.6 Å². The van der Waals surface area contributed by atoms with E-state index in [1.165, 1.54) is 0 Å². The van der Waals surface area contributed by atoms with Gasteiger partial charge in [0.1, 0.15) is 28.3 Å². The number of nitrogen functional groups attached to an aromatic ring is 2. The number of aryl methyl sites for hydroxylation is 2. The number of rotatable bonds is 14. The Balaban J connectivity index is 0.959. The van der Waals surface area contributed by atoms with Crippen LogP contribution in [0.3, 0.4) is 0 Å². The van der Waals surface area contributed by atoms with E-state index in [0.29, 0.717) is 62.0 Å². The molecule has 228 valence electrons. The van der Waals surface area contributed by atoms with E-state index in [9.17, 15) is 4.79 Å². The lowest BCUT2D eigenvalue weighted by atomic mass is 10.1. The molecule has 0 spiro atoms. The number of thiazole rings is 2. The van der Waals surface area contributed by atoms with Gasteiger partial charge in [-0.25, -0.2) is 19.9 Å². The normalized spacial score (nSPS) is 11.7. The molecule has 0 aliphatic carbocycles. The van der Waals surface area contributed by atoms with E-state index < -0.39 is 0 Å². The Hall–Kier alpha value is -4.09. The van der Waals surface area contributed by atoms with E-state index in [1.807, 2.05) is 36.4 Å². The number of hydrogen-bond acceptors (Lipinski definition) is 11. The number of aromatic nitrogens is 4. The van der Waals surface area contributed by atoms with Crippen LogP contribution in [0.15, 0.2) is 36.4 Å². The van der Waals surface area contributed by atoms with Gasteiger partial charge in [-0.15, -0.1) is 22.7 Å². The molecule has 44 heavy (non-hydrogen) atoms. The fourth-order valence-electron chi connectivity index (χ4n) is 5.26. The highest BCUT2D eigenvalue weighted by molar-refractivity contribution is 7.20. The molecule has 0 radical (unpaired) electrons. The van der Waals surface area contributed by atoms with Crippen LogP contribution >= 0.6 is 22.7 Å². The Morgan fingerprint density at radius 3 is 1.59 bits per heavy atom. The van der Waals surface area contributed by atoms with Crippen molar-refractivity contribution in [3.8, 4) is 11.5 Å². The highest BCUT2D eigenvalue weighted by Crippen LogP contribution is 2.36. The molecule has 0 fully saturated rings. The highest BCUT2D eigenvalue weighted by Gasteiger charge is 2.14. The van der Waals surface area contributed by atoms with Crippen molar-refractivity contribution >= 4 is 82.3 Å². The molecular formula is C33H36N6O3S2. The predicted octanol–water partition coefficient (Wildman–Crippen LogP) is 7.66. The first-order chi connectivity index (χ1) is 21.4. The van der Waals surface area contributed by atoms with Crippen molar-refractivity contribution in [2.45, 2.75) is 65.2 Å². The summed E-state index contributed by atoms with van der Waals surface area (Å²) >= 11 is 3.36. The molecule has 4 N–H and O–H groups in total. The number of ether oxygens (including phenoxy) is 2. The van der Waals surface area contributed by atoms with Gasteiger partial charge < -0.3 is 20.9 Å². The molecule has 0 bridgehead atoms. The Morgan fingerprint density at radius 2 is 1.16 bits per heavy atom. The molecule has 0 amide bonds. The molecule has 4 heterocycles. The number of ketones is 1. The molecule has 0 saturated heterocycles. The SMILES string of the molecule is CCCc1nc2c(N)nc3cc(OCCCC(=O)CCCOc4ccc5c(c4)nc(N)c4nc(CCC)sc45)ccc3c2s1. The summed E-state index contributed by atoms with van der Waals surface area (Å²) < 4.78 is 14.0. The largest absolute Gasteiger partial charge is 0.494 e. The van der Waals surface area contributed by atoms with E-state index in [2.05, 4.69) is 33.8 Å². The second-order valence-corrected chi connectivity index (χ2v) is 13.0. The summed E-state index contributed by atoms with van der Waals surface area (Å²) in [5.41, 5.74) is 15.6. The first-order valence-electron chi connectivity index (χ1n) is 15.2. The summed E-state index contributed by atoms with van der Waals surface area (Å²) in [6.07, 6.45) is 6.16. The number of pyridine rings is 2. The molecule has 0 saturated carbocycles. The Labute approximate surface area is 263 Å². The second kappa shape index (κ2) is 13.3. The number of nitrogens with two attached hydrogens (primary N) is 2. The lowest BCUT2D eigenvalue weighted by Gasteiger charge is -2.09. The van der Waals surface area contributed by atoms with Crippen LogP contribution in [0.5, 0.6) is 11.5 Å². The third-order valence-corrected chi connectivity index (χ3v) is 9.70. The molecule has 6 aromatic rings. The maximum atomic E-state index is 12.5. The standard InChI is InChI=1S/C33H36N6O3S2/c1-3-7-26-38-28-30(43-26)22-13-11-20(17-24(22)36-32(28)34)41-15-5-9-19(40)10-6-16-42-21-12-14-23-25(18-21)37-33(35)29-31(23)44-27(39-29)8-4-2/h11-14,17-18H,3-10,15-16H2,1-2H3,(H2,34,36)(H2,35,37). The number of hydrogen-bond donors (Lipinski definition) is 2. The maximum Gasteiger partial charge on any atom is 0.151 e. The maximum absolute atomic E-state index is 12.5. The quantitative estimate of drug-likeness (QED) is 0.116. The van der Waals surface area contributed by atoms with Crippen LogP contribution in [-0.4, -0.2) is 38.9 Å². The van der Waals surface area contributed by atoms with Gasteiger partial charge in [-0.1, -0.05) is 13.8 Å². The van der Waals surface area contributed by atoms with Crippen molar-refractivity contribution in [3.05, 3.63) is 46.4 Å². The predicted molar refractivity (Wildman–Crippen MR) is 181 cm³/mol. The van der Waals surface area contributed by atoms with Gasteiger partial charge in [0.25, 0.3) is 0 Å². The topological polar surface area (TPSA) is 139 Å². The fourth-order valence-corrected chi connectivity index (χ4v) is 7.68. The summed E-state index contributed by atoms with van der Waals surface area (Å²) in [7, 11) is 0. The van der Waals surface area contributed by atoms with Crippen LogP contribution in [-0.2, 0) is 17.6 Å². The second-order valence-electron chi connectivity index (χ2n) is 10.9. The van der Waals surface area contributed by atoms with Gasteiger partial charge in [-0.3, -0.25) is 4.79 Å². The van der Waals surface area contributed by atoms with Crippen molar-refractivity contribution < 1.29 is 14.3 Å². The molecule has 4 aromatic heterocycles. The van der Waals surface area contributed by atoms with Gasteiger partial charge in [0.05, 0.1) is 43.7 Å². The van der Waals surface area contributed by atoms with E-state index in [1.54, 1.807) is 22.7 Å². The molecule has 6 rings (SSSR count). The van der Waals surface area contributed by atoms with Gasteiger partial charge in [-0.2, -0.15) is 0 Å². The Kier molecular flexibility index (Phi) is 9.04. The van der Waals surface area contributed by atoms with Crippen LogP contribution < -0.4 is 20.9 Å². The van der Waals surface area contributed by atoms with Gasteiger partial charge in [-0.05, 0) is 62.8 Å². The van der Waals surface area contributed by atoms with E-state index in [-0.39, 0.29) is 5.78 Å². The number of Topliss-reactive ketones (excluding diaryl/α,β-unsaturated/α-hetero) is 1. The monoisotopic (exact) mass is 628 g/mol. The van der Waals surface area contributed by atoms with Crippen molar-refractivity contribution in [3.63, 3.8) is 0 Å². The van der Waals surface area contributed by atoms with Crippen LogP contribution in [0.25, 0.3) is 42.2 Å². The Bertz CT molecular complexity index is 1830. The molecular weight excluding hydrogens is 593 g/mol. The van der Waals surface area contributed by atoms with Crippen LogP contribution in [0.4, 0.5) is 11.6 Å². The smallest absolute Gasteiger partial charge is 0.151 e. The van der Waals surface area contributed by atoms with Crippen LogP contribution in [0, 0.1) is 0 Å². The molecule has 0 aliphatic heterocycles. The minimum Gasteiger partial charge on any atom is -0.494 e. The average molecular weight is 629 g/mol. The van der Waals surface area contributed by atoms with Gasteiger partial charge >= 0.3 is 0 Å². The molecule has 9 nitrogen and oxygen atoms in total. The summed E-state index contributed by atoms with van der Waals surface area (Å²) in [4.78, 5) is 30.9. The number of benzene rings is 2. The lowest BCUT2D eigenvalue weighted by Crippen LogP contribution is -2.06. The van der Waals surface area contributed by atoms with E-state index >= 15 is 0 Å². The molecule has 2 aromatic carbocycles. The van der Waals surface area contributed by atoms with Crippen molar-refractivity contribution in [2.24, 2.45) is 0 Å². The van der Waals surface area contributed by atoms with E-state index in [0.717, 1.165) is 77.9 Å². The summed E-state index contributed by atoms with van der Waals surface area (Å²) in [6, 6.07) is 11.7. The zero-order valence-electron chi connectivity index (χ0n) is 25.0. The number of carbonyl (C=O) groups excluding carboxylic acids is 1. The van der Waals surface area contributed by atoms with Gasteiger partial charge in [0, 0.05) is 35.7 Å². The average Bonchev–Trinajstić information content (AvgIpc) is 3.64. The van der Waals surface area contributed by atoms with Crippen molar-refractivity contribution in [1.82, 2.24) is 19.9 Å². The minimum atomic E-state index is 0.198. The first kappa shape index (κ1) is 30.0. The molecule has 0 atom stereocenters. The van der Waals surface area contributed by atoms with Crippen molar-refractivity contribution in [1.29, 1.82) is 0 Å². The highest BCUT2D eigenvalue weighted by atomic mass is 32.1. The summed E-state index contributed by atoms with van der Waals surface area (Å²) in [5, 5.41) is 4.22. The number of nitrogens with zero attached hydrogens (tertiary/aromatic N) is 4. The van der Waals surface area contributed by atoms with Crippen LogP contribution in [0.2, 0.25) is 0 Å². The fraction of sp³-hybridized carbons (Fsp3) is 0.364. The van der Waals surface area contributed by atoms with E-state index in [4.69, 9.17) is 20.9 Å². The molecule has 11 heteroatoms. The number of carbonyl (C=O) groups is 1. The number of fused-ring (bicyclic) bond motifs is 6. The minimum absolute atomic E-state index is 0.198. The third-order valence-electron chi connectivity index (χ3n) is 7.40. The van der Waals surface area contributed by atoms with Crippen molar-refractivity contribution in [2.75, 3.05) is 24.7 Å². The first-order valence-corrected chi connectivity index (χ1v) is 16.8. The van der Waals surface area contributed by atoms with Crippen LogP contribution in [0.1, 0.15) is 62.4 Å². The summed E-state index contributed by atoms with van der Waals surface area (Å²) in [6.45, 7) is 5.18. The molecule has 0 aliphatic rings. The Morgan fingerprint density at radius 1 is 0.705 bits per heavy atom. The third kappa shape index (κ3) is 6.39. The zero-order valence-corrected chi connectivity index (χ0v) is 26.7. The molecule has 0 unspecified atom stereocenters. The summed E-state index contributed by atoms with van der Waals surface area (Å²) in [5.74, 6) is 2.51. The van der Waals surface area contributed by atoms with Gasteiger partial charge in [0.2, 0.25) is 0 Å². The number of anilines is 2. The lowest BCUT2D eigenvalue weighted by molar-refractivity contribution is -0.119. The zero-order chi connectivity index (χ0) is 30.6.